The van der Waals surface area contributed by atoms with E-state index in [-0.39, 0.29) is 17.7 Å². The van der Waals surface area contributed by atoms with Crippen molar-refractivity contribution in [3.8, 4) is 5.69 Å². The van der Waals surface area contributed by atoms with Crippen molar-refractivity contribution in [2.45, 2.75) is 69.7 Å². The standard InChI is InChI=1S/C24H31N5O2/c30-23(25-19-9-3-1-4-10-19)18-8-7-15-28(16-18)24(31)21-22(17-13-14-17)29(27-26-21)20-11-5-2-6-12-20/h2,5-6,11-12,17-19H,1,3-4,7-10,13-16H2,(H,25,30). The summed E-state index contributed by atoms with van der Waals surface area (Å²) in [5.74, 6) is 0.233. The van der Waals surface area contributed by atoms with Gasteiger partial charge in [-0.05, 0) is 50.7 Å². The zero-order valence-electron chi connectivity index (χ0n) is 18.0. The summed E-state index contributed by atoms with van der Waals surface area (Å²) in [5.41, 5.74) is 2.31. The van der Waals surface area contributed by atoms with Crippen LogP contribution in [0.15, 0.2) is 30.3 Å². The number of nitrogens with one attached hydrogen (secondary N) is 1. The van der Waals surface area contributed by atoms with E-state index in [0.29, 0.717) is 30.7 Å². The Morgan fingerprint density at radius 1 is 0.935 bits per heavy atom. The number of benzene rings is 1. The molecule has 2 amide bonds. The van der Waals surface area contributed by atoms with E-state index in [0.717, 1.165) is 49.9 Å². The highest BCUT2D eigenvalue weighted by molar-refractivity contribution is 5.94. The Labute approximate surface area is 183 Å². The molecule has 1 aliphatic heterocycles. The average Bonchev–Trinajstić information content (AvgIpc) is 3.57. The first-order valence-electron chi connectivity index (χ1n) is 11.8. The van der Waals surface area contributed by atoms with Gasteiger partial charge in [-0.3, -0.25) is 9.59 Å². The fraction of sp³-hybridized carbons (Fsp3) is 0.583. The lowest BCUT2D eigenvalue weighted by molar-refractivity contribution is -0.127. The fourth-order valence-corrected chi connectivity index (χ4v) is 5.02. The molecule has 1 aromatic carbocycles. The Morgan fingerprint density at radius 3 is 2.45 bits per heavy atom. The molecule has 164 valence electrons. The topological polar surface area (TPSA) is 80.1 Å². The van der Waals surface area contributed by atoms with Crippen LogP contribution in [0.2, 0.25) is 0 Å². The highest BCUT2D eigenvalue weighted by Gasteiger charge is 2.37. The van der Waals surface area contributed by atoms with Gasteiger partial charge >= 0.3 is 0 Å². The molecule has 0 radical (unpaired) electrons. The van der Waals surface area contributed by atoms with E-state index in [1.54, 1.807) is 0 Å². The molecular formula is C24H31N5O2. The Morgan fingerprint density at radius 2 is 1.71 bits per heavy atom. The molecule has 2 aliphatic carbocycles. The predicted octanol–water partition coefficient (Wildman–Crippen LogP) is 3.45. The number of nitrogens with zero attached hydrogens (tertiary/aromatic N) is 4. The lowest BCUT2D eigenvalue weighted by atomic mass is 9.93. The van der Waals surface area contributed by atoms with Crippen LogP contribution in [-0.2, 0) is 4.79 Å². The summed E-state index contributed by atoms with van der Waals surface area (Å²) in [5, 5.41) is 11.9. The van der Waals surface area contributed by atoms with Gasteiger partial charge in [0.15, 0.2) is 5.69 Å². The second-order valence-corrected chi connectivity index (χ2v) is 9.28. The first kappa shape index (κ1) is 20.2. The number of rotatable bonds is 5. The summed E-state index contributed by atoms with van der Waals surface area (Å²) >= 11 is 0. The van der Waals surface area contributed by atoms with Crippen LogP contribution in [0.5, 0.6) is 0 Å². The maximum absolute atomic E-state index is 13.4. The van der Waals surface area contributed by atoms with Gasteiger partial charge in [-0.2, -0.15) is 0 Å². The number of aromatic nitrogens is 3. The summed E-state index contributed by atoms with van der Waals surface area (Å²) in [7, 11) is 0. The third kappa shape index (κ3) is 4.36. The van der Waals surface area contributed by atoms with Crippen LogP contribution in [-0.4, -0.2) is 50.8 Å². The lowest BCUT2D eigenvalue weighted by Gasteiger charge is -2.33. The Hall–Kier alpha value is -2.70. The van der Waals surface area contributed by atoms with E-state index < -0.39 is 0 Å². The predicted molar refractivity (Wildman–Crippen MR) is 117 cm³/mol. The van der Waals surface area contributed by atoms with E-state index in [4.69, 9.17) is 0 Å². The minimum atomic E-state index is -0.131. The molecule has 2 aromatic rings. The van der Waals surface area contributed by atoms with Crippen molar-refractivity contribution < 1.29 is 9.59 Å². The number of carbonyl (C=O) groups excluding carboxylic acids is 2. The highest BCUT2D eigenvalue weighted by Crippen LogP contribution is 2.42. The average molecular weight is 422 g/mol. The van der Waals surface area contributed by atoms with Crippen molar-refractivity contribution in [2.24, 2.45) is 5.92 Å². The molecule has 1 saturated heterocycles. The Balaban J connectivity index is 1.31. The second-order valence-electron chi connectivity index (χ2n) is 9.28. The third-order valence-corrected chi connectivity index (χ3v) is 6.90. The molecule has 31 heavy (non-hydrogen) atoms. The zero-order valence-corrected chi connectivity index (χ0v) is 18.0. The van der Waals surface area contributed by atoms with Gasteiger partial charge in [-0.1, -0.05) is 42.7 Å². The molecule has 7 heteroatoms. The van der Waals surface area contributed by atoms with Gasteiger partial charge in [0.05, 0.1) is 17.3 Å². The van der Waals surface area contributed by atoms with Crippen LogP contribution >= 0.6 is 0 Å². The maximum Gasteiger partial charge on any atom is 0.276 e. The van der Waals surface area contributed by atoms with Crippen LogP contribution in [0, 0.1) is 5.92 Å². The summed E-state index contributed by atoms with van der Waals surface area (Å²) in [6, 6.07) is 10.2. The van der Waals surface area contributed by atoms with E-state index in [2.05, 4.69) is 15.6 Å². The van der Waals surface area contributed by atoms with E-state index in [9.17, 15) is 9.59 Å². The minimum absolute atomic E-state index is 0.0840. The summed E-state index contributed by atoms with van der Waals surface area (Å²) in [6.07, 6.45) is 9.63. The number of para-hydroxylation sites is 1. The molecule has 3 aliphatic rings. The minimum Gasteiger partial charge on any atom is -0.353 e. The van der Waals surface area contributed by atoms with Gasteiger partial charge in [-0.15, -0.1) is 5.10 Å². The van der Waals surface area contributed by atoms with Crippen molar-refractivity contribution in [1.29, 1.82) is 0 Å². The summed E-state index contributed by atoms with van der Waals surface area (Å²) in [6.45, 7) is 1.15. The second kappa shape index (κ2) is 8.81. The largest absolute Gasteiger partial charge is 0.353 e. The quantitative estimate of drug-likeness (QED) is 0.802. The van der Waals surface area contributed by atoms with E-state index in [1.165, 1.54) is 19.3 Å². The molecule has 2 saturated carbocycles. The van der Waals surface area contributed by atoms with Gasteiger partial charge in [0.25, 0.3) is 5.91 Å². The van der Waals surface area contributed by atoms with Crippen LogP contribution in [0.3, 0.4) is 0 Å². The SMILES string of the molecule is O=C(NC1CCCCC1)C1CCCN(C(=O)c2nnn(-c3ccccc3)c2C2CC2)C1. The molecule has 1 unspecified atom stereocenters. The van der Waals surface area contributed by atoms with E-state index >= 15 is 0 Å². The van der Waals surface area contributed by atoms with Crippen LogP contribution in [0.1, 0.15) is 79.9 Å². The van der Waals surface area contributed by atoms with Crippen LogP contribution in [0.25, 0.3) is 5.69 Å². The summed E-state index contributed by atoms with van der Waals surface area (Å²) in [4.78, 5) is 28.1. The molecular weight excluding hydrogens is 390 g/mol. The Bertz CT molecular complexity index is 931. The van der Waals surface area contributed by atoms with Crippen molar-refractivity contribution in [2.75, 3.05) is 13.1 Å². The molecule has 1 atom stereocenters. The van der Waals surface area contributed by atoms with Crippen molar-refractivity contribution in [3.63, 3.8) is 0 Å². The fourth-order valence-electron chi connectivity index (χ4n) is 5.02. The van der Waals surface area contributed by atoms with Gasteiger partial charge < -0.3 is 10.2 Å². The molecule has 0 bridgehead atoms. The normalized spacial score (nSPS) is 22.3. The third-order valence-electron chi connectivity index (χ3n) is 6.90. The Kier molecular flexibility index (Phi) is 5.74. The number of carbonyl (C=O) groups is 2. The summed E-state index contributed by atoms with van der Waals surface area (Å²) < 4.78 is 1.82. The lowest BCUT2D eigenvalue weighted by Crippen LogP contribution is -2.48. The number of piperidine rings is 1. The van der Waals surface area contributed by atoms with Crippen molar-refractivity contribution >= 4 is 11.8 Å². The number of hydrogen-bond acceptors (Lipinski definition) is 4. The molecule has 5 rings (SSSR count). The first-order valence-corrected chi connectivity index (χ1v) is 11.8. The first-order chi connectivity index (χ1) is 15.2. The van der Waals surface area contributed by atoms with Crippen LogP contribution < -0.4 is 5.32 Å². The molecule has 0 spiro atoms. The van der Waals surface area contributed by atoms with Crippen molar-refractivity contribution in [3.05, 3.63) is 41.7 Å². The number of likely N-dealkylation sites (tertiary alicyclic amines) is 1. The van der Waals surface area contributed by atoms with Crippen LogP contribution in [0.4, 0.5) is 0 Å². The highest BCUT2D eigenvalue weighted by atomic mass is 16.2. The molecule has 1 aromatic heterocycles. The smallest absolute Gasteiger partial charge is 0.276 e. The monoisotopic (exact) mass is 421 g/mol. The zero-order chi connectivity index (χ0) is 21.2. The molecule has 2 heterocycles. The van der Waals surface area contributed by atoms with Crippen molar-refractivity contribution in [1.82, 2.24) is 25.2 Å². The van der Waals surface area contributed by atoms with Gasteiger partial charge in [-0.25, -0.2) is 4.68 Å². The molecule has 1 N–H and O–H groups in total. The molecule has 7 nitrogen and oxygen atoms in total. The maximum atomic E-state index is 13.4. The van der Waals surface area contributed by atoms with E-state index in [1.807, 2.05) is 39.9 Å². The number of amides is 2. The van der Waals surface area contributed by atoms with Gasteiger partial charge in [0.2, 0.25) is 5.91 Å². The molecule has 3 fully saturated rings. The van der Waals surface area contributed by atoms with Gasteiger partial charge in [0, 0.05) is 25.0 Å². The van der Waals surface area contributed by atoms with Gasteiger partial charge in [0.1, 0.15) is 0 Å². The number of hydrogen-bond donors (Lipinski definition) is 1.